The van der Waals surface area contributed by atoms with Crippen LogP contribution in [-0.2, 0) is 12.8 Å². The van der Waals surface area contributed by atoms with Crippen LogP contribution in [0, 0.1) is 5.21 Å². The van der Waals surface area contributed by atoms with E-state index in [0.717, 1.165) is 38.9 Å². The molecule has 2 aromatic heterocycles. The van der Waals surface area contributed by atoms with Gasteiger partial charge in [-0.05, 0) is 48.6 Å². The van der Waals surface area contributed by atoms with Gasteiger partial charge in [0, 0.05) is 35.0 Å². The molecule has 5 rings (SSSR count). The van der Waals surface area contributed by atoms with Crippen LogP contribution in [0.5, 0.6) is 0 Å². The van der Waals surface area contributed by atoms with Crippen molar-refractivity contribution in [3.63, 3.8) is 0 Å². The summed E-state index contributed by atoms with van der Waals surface area (Å²) in [6.45, 7) is 0. The van der Waals surface area contributed by atoms with Gasteiger partial charge in [0.15, 0.2) is 6.20 Å². The first-order valence-corrected chi connectivity index (χ1v) is 9.00. The summed E-state index contributed by atoms with van der Waals surface area (Å²) in [5.74, 6) is 0. The van der Waals surface area contributed by atoms with E-state index < -0.39 is 0 Å². The third-order valence-electron chi connectivity index (χ3n) is 5.28. The summed E-state index contributed by atoms with van der Waals surface area (Å²) in [6, 6.07) is 20.4. The summed E-state index contributed by atoms with van der Waals surface area (Å²) in [5, 5.41) is 13.1. The van der Waals surface area contributed by atoms with Crippen molar-refractivity contribution in [3.05, 3.63) is 89.4 Å². The summed E-state index contributed by atoms with van der Waals surface area (Å²) < 4.78 is 0.921. The van der Waals surface area contributed by atoms with Gasteiger partial charge in [-0.25, -0.2) is 0 Å². The molecule has 0 radical (unpaired) electrons. The molecule has 0 spiro atoms. The molecule has 0 amide bonds. The minimum absolute atomic E-state index is 0.675. The Morgan fingerprint density at radius 3 is 2.69 bits per heavy atom. The van der Waals surface area contributed by atoms with Gasteiger partial charge in [-0.3, -0.25) is 4.98 Å². The smallest absolute Gasteiger partial charge is 0.224 e. The van der Waals surface area contributed by atoms with E-state index in [1.807, 2.05) is 42.6 Å². The molecule has 2 aromatic carbocycles. The van der Waals surface area contributed by atoms with Crippen molar-refractivity contribution in [2.45, 2.75) is 19.3 Å². The summed E-state index contributed by atoms with van der Waals surface area (Å²) in [5.41, 5.74) is 7.78. The summed E-state index contributed by atoms with van der Waals surface area (Å²) in [4.78, 5) is 4.70. The number of rotatable bonds is 2. The molecule has 2 heterocycles. The van der Waals surface area contributed by atoms with Crippen LogP contribution < -0.4 is 4.73 Å². The molecule has 0 atom stereocenters. The molecule has 3 heteroatoms. The van der Waals surface area contributed by atoms with Gasteiger partial charge in [-0.2, -0.15) is 4.73 Å². The number of hydrogen-bond acceptors (Lipinski definition) is 2. The molecule has 0 saturated carbocycles. The van der Waals surface area contributed by atoms with Crippen LogP contribution >= 0.6 is 0 Å². The number of para-hydroxylation sites is 1. The zero-order chi connectivity index (χ0) is 17.5. The van der Waals surface area contributed by atoms with Crippen LogP contribution in [0.1, 0.15) is 17.5 Å². The zero-order valence-corrected chi connectivity index (χ0v) is 14.4. The molecule has 1 aliphatic rings. The number of pyridine rings is 2. The molecular formula is C23H18N2O. The number of aryl methyl sites for hydroxylation is 2. The topological polar surface area (TPSA) is 39.8 Å². The maximum atomic E-state index is 12.1. The lowest BCUT2D eigenvalue weighted by Gasteiger charge is -2.12. The van der Waals surface area contributed by atoms with E-state index in [2.05, 4.69) is 24.3 Å². The molecule has 0 aliphatic heterocycles. The van der Waals surface area contributed by atoms with Gasteiger partial charge < -0.3 is 5.21 Å². The number of fused-ring (bicyclic) bond motifs is 2. The quantitative estimate of drug-likeness (QED) is 0.393. The third kappa shape index (κ3) is 2.36. The van der Waals surface area contributed by atoms with Crippen molar-refractivity contribution in [1.82, 2.24) is 4.98 Å². The number of hydrogen-bond donors (Lipinski definition) is 0. The Morgan fingerprint density at radius 1 is 0.846 bits per heavy atom. The SMILES string of the molecule is [O-][n+]1ccc(-c2cccnc2-c2ccc3c(c2)CCC3)c2ccccc21. The van der Waals surface area contributed by atoms with Gasteiger partial charge in [0.1, 0.15) is 0 Å². The molecule has 0 bridgehead atoms. The van der Waals surface area contributed by atoms with E-state index in [9.17, 15) is 5.21 Å². The van der Waals surface area contributed by atoms with Gasteiger partial charge in [-0.1, -0.05) is 30.3 Å². The van der Waals surface area contributed by atoms with E-state index in [1.54, 1.807) is 6.20 Å². The summed E-state index contributed by atoms with van der Waals surface area (Å²) >= 11 is 0. The first-order valence-electron chi connectivity index (χ1n) is 9.00. The lowest BCUT2D eigenvalue weighted by atomic mass is 9.95. The first-order chi connectivity index (χ1) is 12.8. The van der Waals surface area contributed by atoms with Crippen LogP contribution in [0.25, 0.3) is 33.3 Å². The summed E-state index contributed by atoms with van der Waals surface area (Å²) in [7, 11) is 0. The lowest BCUT2D eigenvalue weighted by Crippen LogP contribution is -2.26. The van der Waals surface area contributed by atoms with Crippen LogP contribution in [0.2, 0.25) is 0 Å². The maximum Gasteiger partial charge on any atom is 0.224 e. The van der Waals surface area contributed by atoms with E-state index in [4.69, 9.17) is 4.98 Å². The monoisotopic (exact) mass is 338 g/mol. The molecule has 26 heavy (non-hydrogen) atoms. The molecule has 0 saturated heterocycles. The van der Waals surface area contributed by atoms with Crippen LogP contribution in [0.3, 0.4) is 0 Å². The number of aromatic nitrogens is 2. The Balaban J connectivity index is 1.74. The van der Waals surface area contributed by atoms with Gasteiger partial charge >= 0.3 is 0 Å². The Bertz CT molecular complexity index is 1130. The molecule has 0 N–H and O–H groups in total. The molecule has 3 nitrogen and oxygen atoms in total. The fourth-order valence-corrected chi connectivity index (χ4v) is 4.01. The molecular weight excluding hydrogens is 320 g/mol. The fraction of sp³-hybridized carbons (Fsp3) is 0.130. The van der Waals surface area contributed by atoms with Crippen molar-refractivity contribution in [2.75, 3.05) is 0 Å². The van der Waals surface area contributed by atoms with E-state index in [0.29, 0.717) is 5.52 Å². The highest BCUT2D eigenvalue weighted by atomic mass is 16.5. The second-order valence-electron chi connectivity index (χ2n) is 6.81. The van der Waals surface area contributed by atoms with Crippen LogP contribution in [0.15, 0.2) is 73.1 Å². The van der Waals surface area contributed by atoms with E-state index in [-0.39, 0.29) is 0 Å². The Kier molecular flexibility index (Phi) is 3.45. The number of nitrogens with zero attached hydrogens (tertiary/aromatic N) is 2. The lowest BCUT2D eigenvalue weighted by molar-refractivity contribution is -0.576. The Hall–Kier alpha value is -3.20. The highest BCUT2D eigenvalue weighted by Gasteiger charge is 2.17. The van der Waals surface area contributed by atoms with Gasteiger partial charge in [0.2, 0.25) is 5.52 Å². The Morgan fingerprint density at radius 2 is 1.73 bits per heavy atom. The predicted octanol–water partition coefficient (Wildman–Crippen LogP) is 4.69. The van der Waals surface area contributed by atoms with Crippen molar-refractivity contribution < 1.29 is 4.73 Å². The molecule has 0 unspecified atom stereocenters. The molecule has 4 aromatic rings. The third-order valence-corrected chi connectivity index (χ3v) is 5.28. The van der Waals surface area contributed by atoms with E-state index >= 15 is 0 Å². The van der Waals surface area contributed by atoms with Gasteiger partial charge in [0.25, 0.3) is 0 Å². The van der Waals surface area contributed by atoms with Crippen molar-refractivity contribution in [2.24, 2.45) is 0 Å². The van der Waals surface area contributed by atoms with Gasteiger partial charge in [-0.15, -0.1) is 0 Å². The fourth-order valence-electron chi connectivity index (χ4n) is 4.01. The highest BCUT2D eigenvalue weighted by molar-refractivity contribution is 5.96. The average Bonchev–Trinajstić information content (AvgIpc) is 3.16. The number of benzene rings is 2. The zero-order valence-electron chi connectivity index (χ0n) is 14.4. The minimum atomic E-state index is 0.675. The van der Waals surface area contributed by atoms with E-state index in [1.165, 1.54) is 24.0 Å². The predicted molar refractivity (Wildman–Crippen MR) is 104 cm³/mol. The largest absolute Gasteiger partial charge is 0.618 e. The standard InChI is InChI=1S/C23H18N2O/c26-25-14-12-19(20-7-1-2-9-22(20)25)21-8-4-13-24-23(21)18-11-10-16-5-3-6-17(16)15-18/h1-2,4,7-15H,3,5-6H2. The second-order valence-corrected chi connectivity index (χ2v) is 6.81. The van der Waals surface area contributed by atoms with Crippen molar-refractivity contribution >= 4 is 10.9 Å². The Labute approximate surface area is 152 Å². The average molecular weight is 338 g/mol. The molecule has 0 fully saturated rings. The molecule has 1 aliphatic carbocycles. The van der Waals surface area contributed by atoms with Crippen molar-refractivity contribution in [1.29, 1.82) is 0 Å². The maximum absolute atomic E-state index is 12.1. The molecule has 126 valence electrons. The minimum Gasteiger partial charge on any atom is -0.618 e. The summed E-state index contributed by atoms with van der Waals surface area (Å²) in [6.07, 6.45) is 6.98. The van der Waals surface area contributed by atoms with Gasteiger partial charge in [0.05, 0.1) is 11.1 Å². The first kappa shape index (κ1) is 15.1. The highest BCUT2D eigenvalue weighted by Crippen LogP contribution is 2.35. The van der Waals surface area contributed by atoms with Crippen molar-refractivity contribution in [3.8, 4) is 22.4 Å². The van der Waals surface area contributed by atoms with Crippen LogP contribution in [-0.4, -0.2) is 4.98 Å². The second kappa shape index (κ2) is 5.95. The normalized spacial score (nSPS) is 13.1. The van der Waals surface area contributed by atoms with Crippen LogP contribution in [0.4, 0.5) is 0 Å².